The van der Waals surface area contributed by atoms with Crippen molar-refractivity contribution in [3.05, 3.63) is 145 Å². The maximum absolute atomic E-state index is 2.58. The van der Waals surface area contributed by atoms with Crippen LogP contribution in [-0.2, 0) is 12.8 Å². The Morgan fingerprint density at radius 3 is 1.44 bits per heavy atom. The summed E-state index contributed by atoms with van der Waals surface area (Å²) in [7, 11) is 0. The van der Waals surface area contributed by atoms with Crippen LogP contribution in [-0.4, -0.2) is 0 Å². The van der Waals surface area contributed by atoms with Crippen molar-refractivity contribution in [3.8, 4) is 22.3 Å². The van der Waals surface area contributed by atoms with Crippen LogP contribution in [0.5, 0.6) is 0 Å². The topological polar surface area (TPSA) is 0 Å². The summed E-state index contributed by atoms with van der Waals surface area (Å²) in [6.07, 6.45) is 12.4. The van der Waals surface area contributed by atoms with Gasteiger partial charge in [-0.05, 0) is 141 Å². The van der Waals surface area contributed by atoms with Crippen molar-refractivity contribution in [2.75, 3.05) is 0 Å². The number of rotatable bonds is 12. The van der Waals surface area contributed by atoms with Crippen molar-refractivity contribution in [2.45, 2.75) is 78.1 Å². The van der Waals surface area contributed by atoms with Gasteiger partial charge in [-0.1, -0.05) is 180 Å². The van der Waals surface area contributed by atoms with E-state index in [1.165, 1.54) is 160 Å². The van der Waals surface area contributed by atoms with E-state index in [2.05, 4.69) is 147 Å². The zero-order valence-corrected chi connectivity index (χ0v) is 31.8. The molecule has 0 unspecified atom stereocenters. The lowest BCUT2D eigenvalue weighted by Gasteiger charge is -2.20. The van der Waals surface area contributed by atoms with Gasteiger partial charge in [0.15, 0.2) is 0 Å². The molecule has 0 fully saturated rings. The minimum Gasteiger partial charge on any atom is -0.0654 e. The van der Waals surface area contributed by atoms with E-state index < -0.39 is 0 Å². The van der Waals surface area contributed by atoms with Gasteiger partial charge in [-0.3, -0.25) is 0 Å². The number of benzene rings is 8. The van der Waals surface area contributed by atoms with Crippen LogP contribution in [0.4, 0.5) is 0 Å². The van der Waals surface area contributed by atoms with Gasteiger partial charge in [-0.15, -0.1) is 0 Å². The first-order chi connectivity index (χ1) is 26.7. The highest BCUT2D eigenvalue weighted by Gasteiger charge is 2.26. The molecule has 0 aliphatic heterocycles. The molecule has 0 radical (unpaired) electrons. The SMILES string of the molecule is CCCCCCc1cccc(-c2c3cc4c5ccccc5c5cccc(c3c(-c3cccc(CCCCCC)c3)c3c6cccc7cccc(c23)c76)c54)c1. The molecule has 0 aliphatic rings. The summed E-state index contributed by atoms with van der Waals surface area (Å²) in [5.74, 6) is 0. The molecule has 0 nitrogen and oxygen atoms in total. The molecule has 0 bridgehead atoms. The van der Waals surface area contributed by atoms with Crippen molar-refractivity contribution in [3.63, 3.8) is 0 Å². The molecular formula is C54H48. The molecule has 54 heavy (non-hydrogen) atoms. The van der Waals surface area contributed by atoms with Gasteiger partial charge >= 0.3 is 0 Å². The molecular weight excluding hydrogens is 649 g/mol. The molecule has 0 aliphatic carbocycles. The number of hydrogen-bond acceptors (Lipinski definition) is 0. The van der Waals surface area contributed by atoms with Crippen molar-refractivity contribution < 1.29 is 0 Å². The Hall–Kier alpha value is -5.46. The molecule has 0 aromatic heterocycles. The number of aryl methyl sites for hydroxylation is 2. The second kappa shape index (κ2) is 13.7. The second-order valence-electron chi connectivity index (χ2n) is 15.9. The van der Waals surface area contributed by atoms with Gasteiger partial charge in [0.05, 0.1) is 0 Å². The maximum Gasteiger partial charge on any atom is -0.000719 e. The van der Waals surface area contributed by atoms with Crippen molar-refractivity contribution >= 4 is 75.4 Å². The van der Waals surface area contributed by atoms with Gasteiger partial charge in [0, 0.05) is 0 Å². The zero-order valence-electron chi connectivity index (χ0n) is 31.8. The Bertz CT molecular complexity index is 2950. The fourth-order valence-electron chi connectivity index (χ4n) is 10.0. The Kier molecular flexibility index (Phi) is 8.44. The normalized spacial score (nSPS) is 12.3. The first-order valence-corrected chi connectivity index (χ1v) is 20.7. The van der Waals surface area contributed by atoms with E-state index in [1.54, 1.807) is 0 Å². The summed E-state index contributed by atoms with van der Waals surface area (Å²) in [6, 6.07) is 51.8. The second-order valence-corrected chi connectivity index (χ2v) is 15.9. The predicted octanol–water partition coefficient (Wildman–Crippen LogP) is 16.2. The molecule has 0 heterocycles. The Labute approximate surface area is 319 Å². The Morgan fingerprint density at radius 1 is 0.315 bits per heavy atom. The van der Waals surface area contributed by atoms with Crippen LogP contribution in [0.25, 0.3) is 97.7 Å². The third-order valence-corrected chi connectivity index (χ3v) is 12.5. The third kappa shape index (κ3) is 5.25. The van der Waals surface area contributed by atoms with E-state index >= 15 is 0 Å². The molecule has 0 N–H and O–H groups in total. The lowest BCUT2D eigenvalue weighted by Crippen LogP contribution is -1.93. The third-order valence-electron chi connectivity index (χ3n) is 12.5. The van der Waals surface area contributed by atoms with Crippen LogP contribution in [0.15, 0.2) is 133 Å². The van der Waals surface area contributed by atoms with Gasteiger partial charge in [-0.25, -0.2) is 0 Å². The average Bonchev–Trinajstić information content (AvgIpc) is 3.72. The standard InChI is InChI=1S/C54H48/c1-3-5-7-9-18-35-20-13-24-38(32-35)49-47-34-46-41-27-12-11-26-40(41)42-28-17-31-45(51(42)46)52(47)50(39-25-14-21-36(33-39)19-10-8-6-4-2)54-44-30-16-23-37-22-15-29-43(48(37)44)53(49)54/h11-17,20-34H,3-10,18-19H2,1-2H3. The van der Waals surface area contributed by atoms with Crippen LogP contribution >= 0.6 is 0 Å². The molecule has 264 valence electrons. The Morgan fingerprint density at radius 2 is 0.815 bits per heavy atom. The summed E-state index contributed by atoms with van der Waals surface area (Å²) in [4.78, 5) is 0. The highest BCUT2D eigenvalue weighted by atomic mass is 14.3. The van der Waals surface area contributed by atoms with E-state index in [0.717, 1.165) is 12.8 Å². The predicted molar refractivity (Wildman–Crippen MR) is 238 cm³/mol. The highest BCUT2D eigenvalue weighted by molar-refractivity contribution is 6.44. The minimum atomic E-state index is 1.12. The van der Waals surface area contributed by atoms with E-state index in [9.17, 15) is 0 Å². The van der Waals surface area contributed by atoms with E-state index in [-0.39, 0.29) is 0 Å². The molecule has 0 heteroatoms. The molecule has 10 aromatic carbocycles. The van der Waals surface area contributed by atoms with Crippen molar-refractivity contribution in [1.29, 1.82) is 0 Å². The van der Waals surface area contributed by atoms with Crippen LogP contribution in [0.2, 0.25) is 0 Å². The van der Waals surface area contributed by atoms with E-state index in [1.807, 2.05) is 0 Å². The molecule has 10 rings (SSSR count). The van der Waals surface area contributed by atoms with Gasteiger partial charge < -0.3 is 0 Å². The minimum absolute atomic E-state index is 1.12. The van der Waals surface area contributed by atoms with Crippen LogP contribution in [0, 0.1) is 0 Å². The summed E-state index contributed by atoms with van der Waals surface area (Å²) >= 11 is 0. The summed E-state index contributed by atoms with van der Waals surface area (Å²) in [5, 5.41) is 19.2. The first-order valence-electron chi connectivity index (χ1n) is 20.7. The lowest BCUT2D eigenvalue weighted by atomic mass is 9.83. The van der Waals surface area contributed by atoms with Gasteiger partial charge in [0.1, 0.15) is 0 Å². The largest absolute Gasteiger partial charge is 0.0654 e. The molecule has 0 atom stereocenters. The summed E-state index contributed by atoms with van der Waals surface area (Å²) in [5.41, 5.74) is 8.32. The zero-order chi connectivity index (χ0) is 36.2. The van der Waals surface area contributed by atoms with Crippen LogP contribution in [0.1, 0.15) is 76.3 Å². The molecule has 10 aromatic rings. The molecule has 0 spiro atoms. The average molecular weight is 697 g/mol. The number of hydrogen-bond donors (Lipinski definition) is 0. The first kappa shape index (κ1) is 33.1. The smallest absolute Gasteiger partial charge is 0.000719 e. The number of unbranched alkanes of at least 4 members (excludes halogenated alkanes) is 6. The number of fused-ring (bicyclic) bond motifs is 8. The van der Waals surface area contributed by atoms with Gasteiger partial charge in [0.2, 0.25) is 0 Å². The van der Waals surface area contributed by atoms with Crippen LogP contribution in [0.3, 0.4) is 0 Å². The van der Waals surface area contributed by atoms with Crippen molar-refractivity contribution in [2.24, 2.45) is 0 Å². The van der Waals surface area contributed by atoms with Crippen molar-refractivity contribution in [1.82, 2.24) is 0 Å². The summed E-state index contributed by atoms with van der Waals surface area (Å²) < 4.78 is 0. The fraction of sp³-hybridized carbons (Fsp3) is 0.222. The quantitative estimate of drug-likeness (QED) is 0.0881. The van der Waals surface area contributed by atoms with Crippen LogP contribution < -0.4 is 0 Å². The van der Waals surface area contributed by atoms with Gasteiger partial charge in [0.25, 0.3) is 0 Å². The fourth-order valence-corrected chi connectivity index (χ4v) is 10.0. The maximum atomic E-state index is 2.58. The molecule has 0 amide bonds. The Balaban J connectivity index is 1.39. The summed E-state index contributed by atoms with van der Waals surface area (Å²) in [6.45, 7) is 4.60. The van der Waals surface area contributed by atoms with E-state index in [4.69, 9.17) is 0 Å². The molecule has 0 saturated carbocycles. The monoisotopic (exact) mass is 696 g/mol. The molecule has 0 saturated heterocycles. The van der Waals surface area contributed by atoms with E-state index in [0.29, 0.717) is 0 Å². The van der Waals surface area contributed by atoms with Gasteiger partial charge in [-0.2, -0.15) is 0 Å². The highest BCUT2D eigenvalue weighted by Crippen LogP contribution is 2.54. The lowest BCUT2D eigenvalue weighted by molar-refractivity contribution is 0.667.